The number of ether oxygens (including phenoxy) is 1. The van der Waals surface area contributed by atoms with Gasteiger partial charge in [0.1, 0.15) is 12.3 Å². The first-order chi connectivity index (χ1) is 21.8. The third-order valence-corrected chi connectivity index (χ3v) is 14.2. The van der Waals surface area contributed by atoms with Crippen molar-refractivity contribution in [3.63, 3.8) is 0 Å². The van der Waals surface area contributed by atoms with E-state index in [0.29, 0.717) is 47.8 Å². The van der Waals surface area contributed by atoms with Crippen LogP contribution in [0.1, 0.15) is 60.8 Å². The molecule has 0 radical (unpaired) electrons. The maximum atomic E-state index is 14.0. The van der Waals surface area contributed by atoms with Crippen LogP contribution in [0, 0.1) is 6.92 Å². The van der Waals surface area contributed by atoms with E-state index in [1.807, 2.05) is 22.7 Å². The molecule has 0 atom stereocenters. The summed E-state index contributed by atoms with van der Waals surface area (Å²) >= 11 is 0. The number of aromatic nitrogens is 4. The van der Waals surface area contributed by atoms with Gasteiger partial charge in [-0.1, -0.05) is 39.0 Å². The zero-order valence-corrected chi connectivity index (χ0v) is 29.6. The molecule has 0 saturated carbocycles. The van der Waals surface area contributed by atoms with Gasteiger partial charge in [-0.3, -0.25) is 0 Å². The number of rotatable bonds is 9. The third kappa shape index (κ3) is 6.89. The Kier molecular flexibility index (Phi) is 9.49. The maximum Gasteiger partial charge on any atom is 0.416 e. The van der Waals surface area contributed by atoms with Crippen LogP contribution in [0.5, 0.6) is 0 Å². The number of fused-ring (bicyclic) bond motifs is 1. The monoisotopic (exact) mass is 693 g/mol. The molecule has 1 aliphatic heterocycles. The molecule has 0 amide bonds. The van der Waals surface area contributed by atoms with E-state index < -0.39 is 32.3 Å². The van der Waals surface area contributed by atoms with Crippen molar-refractivity contribution >= 4 is 31.7 Å². The van der Waals surface area contributed by atoms with E-state index in [9.17, 15) is 21.6 Å². The predicted molar refractivity (Wildman–Crippen MR) is 181 cm³/mol. The second kappa shape index (κ2) is 12.7. The van der Waals surface area contributed by atoms with Crippen LogP contribution in [-0.4, -0.2) is 75.6 Å². The van der Waals surface area contributed by atoms with Crippen LogP contribution in [0.2, 0.25) is 0 Å². The molecule has 0 fully saturated rings. The summed E-state index contributed by atoms with van der Waals surface area (Å²) in [6.07, 6.45) is 7.11. The number of hydrogen-bond acceptors (Lipinski definition) is 6. The van der Waals surface area contributed by atoms with Gasteiger partial charge in [0, 0.05) is 43.9 Å². The maximum absolute atomic E-state index is 14.0. The molecule has 0 aliphatic carbocycles. The Labute approximate surface area is 276 Å². The lowest BCUT2D eigenvalue weighted by atomic mass is 9.97. The highest BCUT2D eigenvalue weighted by atomic mass is 32.3. The normalized spacial score (nSPS) is 15.4. The van der Waals surface area contributed by atoms with Crippen molar-refractivity contribution in [1.29, 1.82) is 0 Å². The first-order valence-corrected chi connectivity index (χ1v) is 18.9. The summed E-state index contributed by atoms with van der Waals surface area (Å²) in [6, 6.07) is 6.08. The Balaban J connectivity index is 1.80. The Morgan fingerprint density at radius 1 is 1.13 bits per heavy atom. The summed E-state index contributed by atoms with van der Waals surface area (Å²) in [6.45, 7) is 8.87. The van der Waals surface area contributed by atoms with Crippen molar-refractivity contribution in [2.75, 3.05) is 39.8 Å². The number of alkyl halides is 3. The van der Waals surface area contributed by atoms with E-state index in [2.05, 4.69) is 38.3 Å². The summed E-state index contributed by atoms with van der Waals surface area (Å²) in [5.74, 6) is 0.165. The number of pyridine rings is 1. The van der Waals surface area contributed by atoms with E-state index in [0.717, 1.165) is 25.5 Å². The van der Waals surface area contributed by atoms with Gasteiger partial charge in [-0.25, -0.2) is 13.9 Å². The lowest BCUT2D eigenvalue weighted by molar-refractivity contribution is -0.138. The Morgan fingerprint density at radius 2 is 1.85 bits per heavy atom. The summed E-state index contributed by atoms with van der Waals surface area (Å²) in [5.41, 5.74) is 3.84. The second-order valence-electron chi connectivity index (χ2n) is 13.1. The number of benzene rings is 1. The van der Waals surface area contributed by atoms with Gasteiger partial charge in [-0.2, -0.15) is 25.9 Å². The number of halogens is 3. The van der Waals surface area contributed by atoms with Crippen LogP contribution in [0.15, 0.2) is 48.9 Å². The molecule has 3 aromatic heterocycles. The van der Waals surface area contributed by atoms with Crippen molar-refractivity contribution in [1.82, 2.24) is 22.6 Å². The molecule has 0 unspecified atom stereocenters. The van der Waals surface area contributed by atoms with Gasteiger partial charge in [0.25, 0.3) is 0 Å². The van der Waals surface area contributed by atoms with Gasteiger partial charge in [-0.15, -0.1) is 10.3 Å². The fraction of sp³-hybridized carbons (Fsp3) is 0.455. The molecule has 0 saturated heterocycles. The molecule has 0 N–H and O–H groups in total. The molecular formula is C33H42F3N5O4S2. The molecule has 0 bridgehead atoms. The van der Waals surface area contributed by atoms with Gasteiger partial charge < -0.3 is 13.3 Å². The van der Waals surface area contributed by atoms with Crippen molar-refractivity contribution < 1.29 is 30.5 Å². The topological polar surface area (TPSA) is 91.0 Å². The van der Waals surface area contributed by atoms with Crippen molar-refractivity contribution in [2.24, 2.45) is 0 Å². The molecule has 9 nitrogen and oxygen atoms in total. The first kappa shape index (κ1) is 35.1. The molecule has 5 rings (SSSR count). The van der Waals surface area contributed by atoms with E-state index in [1.54, 1.807) is 6.07 Å². The SMILES string of the molecule is Cc1c(Cc2c(COS(C)(C)C(C)(C)C)nc3c(-c4nccn4S(=O)(=O)N(C)C)cc(C4=CCOCC4)cn23)cccc1C(F)(F)F. The molecule has 1 aliphatic rings. The lowest BCUT2D eigenvalue weighted by Gasteiger charge is -2.43. The Hall–Kier alpha value is -3.17. The van der Waals surface area contributed by atoms with Crippen LogP contribution in [0.25, 0.3) is 22.6 Å². The van der Waals surface area contributed by atoms with E-state index in [4.69, 9.17) is 13.9 Å². The zero-order valence-electron chi connectivity index (χ0n) is 28.0. The number of hydrogen-bond donors (Lipinski definition) is 0. The quantitative estimate of drug-likeness (QED) is 0.190. The molecule has 0 spiro atoms. The van der Waals surface area contributed by atoms with E-state index >= 15 is 0 Å². The Bertz CT molecular complexity index is 1940. The van der Waals surface area contributed by atoms with Gasteiger partial charge in [0.2, 0.25) is 0 Å². The minimum absolute atomic E-state index is 0.115. The smallest absolute Gasteiger partial charge is 0.377 e. The predicted octanol–water partition coefficient (Wildman–Crippen LogP) is 6.87. The molecule has 1 aromatic carbocycles. The fourth-order valence-corrected chi connectivity index (χ4v) is 6.94. The molecule has 47 heavy (non-hydrogen) atoms. The zero-order chi connectivity index (χ0) is 34.5. The number of nitrogens with zero attached hydrogens (tertiary/aromatic N) is 5. The van der Waals surface area contributed by atoms with E-state index in [-0.39, 0.29) is 29.2 Å². The number of imidazole rings is 2. The van der Waals surface area contributed by atoms with Crippen LogP contribution >= 0.6 is 10.3 Å². The standard InChI is InChI=1S/C33H42F3N5O4S2/c1-22-24(10-9-11-27(22)33(34,35)36)19-29-28(21-45-46(7,8)32(2,3)4)38-31-26(30-37-14-15-41(30)47(42,43)39(5)6)18-25(20-40(29)31)23-12-16-44-17-13-23/h9-12,14-15,18,20H,13,16-17,19,21H2,1-8H3. The summed E-state index contributed by atoms with van der Waals surface area (Å²) < 4.78 is 84.6. The highest BCUT2D eigenvalue weighted by Crippen LogP contribution is 2.54. The van der Waals surface area contributed by atoms with Gasteiger partial charge in [0.05, 0.1) is 35.7 Å². The minimum atomic E-state index is -4.50. The van der Waals surface area contributed by atoms with Gasteiger partial charge >= 0.3 is 16.4 Å². The Morgan fingerprint density at radius 3 is 2.47 bits per heavy atom. The van der Waals surface area contributed by atoms with Crippen molar-refractivity contribution in [3.05, 3.63) is 82.6 Å². The van der Waals surface area contributed by atoms with Gasteiger partial charge in [0.15, 0.2) is 5.82 Å². The molecule has 14 heteroatoms. The molecule has 4 heterocycles. The average Bonchev–Trinajstić information content (AvgIpc) is 3.62. The summed E-state index contributed by atoms with van der Waals surface area (Å²) in [7, 11) is -2.66. The molecule has 256 valence electrons. The second-order valence-corrected chi connectivity index (χ2v) is 19.1. The third-order valence-electron chi connectivity index (χ3n) is 8.87. The minimum Gasteiger partial charge on any atom is -0.377 e. The van der Waals surface area contributed by atoms with Crippen molar-refractivity contribution in [2.45, 2.75) is 58.1 Å². The largest absolute Gasteiger partial charge is 0.416 e. The van der Waals surface area contributed by atoms with Crippen molar-refractivity contribution in [3.8, 4) is 11.4 Å². The van der Waals surface area contributed by atoms with Crippen LogP contribution < -0.4 is 0 Å². The lowest BCUT2D eigenvalue weighted by Crippen LogP contribution is -2.29. The van der Waals surface area contributed by atoms with Crippen LogP contribution in [0.3, 0.4) is 0 Å². The fourth-order valence-electron chi connectivity index (χ4n) is 5.26. The molecular weight excluding hydrogens is 652 g/mol. The van der Waals surface area contributed by atoms with Gasteiger partial charge in [-0.05, 0) is 60.3 Å². The highest BCUT2D eigenvalue weighted by molar-refractivity contribution is 8.29. The first-order valence-electron chi connectivity index (χ1n) is 15.1. The highest BCUT2D eigenvalue weighted by Gasteiger charge is 2.34. The van der Waals surface area contributed by atoms with E-state index in [1.165, 1.54) is 39.5 Å². The molecule has 4 aromatic rings. The summed E-state index contributed by atoms with van der Waals surface area (Å²) in [4.78, 5) is 9.50. The van der Waals surface area contributed by atoms with Crippen LogP contribution in [-0.2, 0) is 38.3 Å². The average molecular weight is 694 g/mol. The van der Waals surface area contributed by atoms with Crippen LogP contribution in [0.4, 0.5) is 13.2 Å². The summed E-state index contributed by atoms with van der Waals surface area (Å²) in [5, 5.41) is 0.